The van der Waals surface area contributed by atoms with E-state index in [-0.39, 0.29) is 30.6 Å². The Kier molecular flexibility index (Phi) is 7.97. The van der Waals surface area contributed by atoms with Crippen molar-refractivity contribution in [1.29, 1.82) is 0 Å². The van der Waals surface area contributed by atoms with Gasteiger partial charge in [-0.05, 0) is 33.3 Å². The minimum atomic E-state index is -2.89. The van der Waals surface area contributed by atoms with Crippen LogP contribution in [-0.2, 0) is 61.9 Å². The van der Waals surface area contributed by atoms with Crippen LogP contribution < -0.4 is 0 Å². The monoisotopic (exact) mass is 720 g/mol. The number of allylic oxidation sites excluding steroid dienone is 1. The van der Waals surface area contributed by atoms with E-state index < -0.39 is 125 Å². The van der Waals surface area contributed by atoms with E-state index in [2.05, 4.69) is 0 Å². The molecule has 3 N–H and O–H groups in total. The smallest absolute Gasteiger partial charge is 0.366 e. The highest BCUT2D eigenvalue weighted by atomic mass is 16.7. The molecule has 51 heavy (non-hydrogen) atoms. The Morgan fingerprint density at radius 1 is 0.980 bits per heavy atom. The van der Waals surface area contributed by atoms with Gasteiger partial charge in [-0.2, -0.15) is 0 Å². The molecule has 7 aliphatic rings. The van der Waals surface area contributed by atoms with Gasteiger partial charge in [0.15, 0.2) is 0 Å². The number of hydrogen-bond donors (Lipinski definition) is 3. The van der Waals surface area contributed by atoms with E-state index in [4.69, 9.17) is 37.9 Å². The van der Waals surface area contributed by atoms with Crippen molar-refractivity contribution in [3.05, 3.63) is 23.3 Å². The van der Waals surface area contributed by atoms with Crippen LogP contribution in [0.1, 0.15) is 47.5 Å². The van der Waals surface area contributed by atoms with Gasteiger partial charge in [0.05, 0.1) is 45.7 Å². The fourth-order valence-electron chi connectivity index (χ4n) is 11.6. The van der Waals surface area contributed by atoms with E-state index in [9.17, 15) is 39.3 Å². The summed E-state index contributed by atoms with van der Waals surface area (Å²) in [6, 6.07) is 0. The van der Waals surface area contributed by atoms with Crippen molar-refractivity contribution in [2.75, 3.05) is 34.0 Å². The highest BCUT2D eigenvalue weighted by molar-refractivity contribution is 5.91. The summed E-state index contributed by atoms with van der Waals surface area (Å²) in [5.41, 5.74) is -9.32. The van der Waals surface area contributed by atoms with Gasteiger partial charge in [0.1, 0.15) is 35.4 Å². The summed E-state index contributed by atoms with van der Waals surface area (Å²) < 4.78 is 47.2. The highest BCUT2D eigenvalue weighted by Crippen LogP contribution is 2.79. The summed E-state index contributed by atoms with van der Waals surface area (Å²) in [5.74, 6) is -11.0. The Labute approximate surface area is 293 Å². The van der Waals surface area contributed by atoms with Crippen molar-refractivity contribution in [2.45, 2.75) is 95.0 Å². The number of aliphatic hydroxyl groups excluding tert-OH is 1. The van der Waals surface area contributed by atoms with Crippen molar-refractivity contribution >= 4 is 29.8 Å². The molecule has 0 aromatic rings. The van der Waals surface area contributed by atoms with Gasteiger partial charge in [-0.3, -0.25) is 9.59 Å². The van der Waals surface area contributed by atoms with Crippen LogP contribution in [0.25, 0.3) is 0 Å². The predicted molar refractivity (Wildman–Crippen MR) is 165 cm³/mol. The lowest BCUT2D eigenvalue weighted by atomic mass is 9.37. The van der Waals surface area contributed by atoms with Gasteiger partial charge in [-0.25, -0.2) is 14.4 Å². The summed E-state index contributed by atoms with van der Waals surface area (Å²) in [4.78, 5) is 67.3. The second-order valence-corrected chi connectivity index (χ2v) is 15.3. The largest absolute Gasteiger partial charge is 0.468 e. The topological polar surface area (TPSA) is 220 Å². The number of carbonyl (C=O) groups excluding carboxylic acids is 5. The molecule has 16 nitrogen and oxygen atoms in total. The normalized spacial score (nSPS) is 49.2. The zero-order valence-electron chi connectivity index (χ0n) is 29.5. The Morgan fingerprint density at radius 3 is 2.25 bits per heavy atom. The molecular formula is C35H44O16. The molecule has 7 rings (SSSR count). The Balaban J connectivity index is 1.54. The molecule has 3 saturated carbocycles. The van der Waals surface area contributed by atoms with Gasteiger partial charge in [-0.1, -0.05) is 13.0 Å². The minimum absolute atomic E-state index is 0.0245. The second kappa shape index (κ2) is 11.3. The van der Waals surface area contributed by atoms with Gasteiger partial charge < -0.3 is 53.2 Å². The van der Waals surface area contributed by atoms with Crippen molar-refractivity contribution in [1.82, 2.24) is 0 Å². The number of fused-ring (bicyclic) bond motifs is 5. The molecule has 0 aromatic heterocycles. The summed E-state index contributed by atoms with van der Waals surface area (Å²) in [6.07, 6.45) is -4.26. The lowest BCUT2D eigenvalue weighted by Crippen LogP contribution is -2.79. The first-order chi connectivity index (χ1) is 23.9. The van der Waals surface area contributed by atoms with Crippen molar-refractivity contribution in [2.24, 2.45) is 34.0 Å². The van der Waals surface area contributed by atoms with Crippen LogP contribution in [0.3, 0.4) is 0 Å². The molecule has 1 spiro atoms. The number of hydrogen-bond acceptors (Lipinski definition) is 16. The van der Waals surface area contributed by atoms with Crippen molar-refractivity contribution in [3.63, 3.8) is 0 Å². The summed E-state index contributed by atoms with van der Waals surface area (Å²) in [6.45, 7) is 6.40. The number of methoxy groups -OCH3 is 2. The van der Waals surface area contributed by atoms with E-state index >= 15 is 0 Å². The fourth-order valence-corrected chi connectivity index (χ4v) is 11.6. The number of aliphatic hydroxyl groups is 3. The van der Waals surface area contributed by atoms with Crippen LogP contribution in [-0.4, -0.2) is 127 Å². The molecule has 0 amide bonds. The third-order valence-electron chi connectivity index (χ3n) is 13.6. The van der Waals surface area contributed by atoms with Crippen LogP contribution in [0.4, 0.5) is 0 Å². The van der Waals surface area contributed by atoms with E-state index in [0.29, 0.717) is 0 Å². The SMILES string of the molecule is C/C=C(\C)C(=O)O[C@H]1C[C@@H](OC(C)=O)[C@@]2(C(=O)OC)CO[C@H]3[C@H]4O[C@]5(C)[C@H](C6=CCOC6=O)C[C@H](O)[C@]5(O)[C@@]4(C)[C@H]4[C@]1(CO[C@]4(O)C(=O)OC)[C@@H]32. The van der Waals surface area contributed by atoms with Gasteiger partial charge in [0.25, 0.3) is 5.79 Å². The summed E-state index contributed by atoms with van der Waals surface area (Å²) >= 11 is 0. The number of rotatable bonds is 6. The molecular weight excluding hydrogens is 676 g/mol. The second-order valence-electron chi connectivity index (χ2n) is 15.3. The molecule has 6 fully saturated rings. The first kappa shape index (κ1) is 36.0. The molecule has 14 atom stereocenters. The Bertz CT molecular complexity index is 1650. The first-order valence-corrected chi connectivity index (χ1v) is 17.0. The van der Waals surface area contributed by atoms with Crippen LogP contribution in [0, 0.1) is 34.0 Å². The zero-order chi connectivity index (χ0) is 37.3. The zero-order valence-corrected chi connectivity index (χ0v) is 29.5. The van der Waals surface area contributed by atoms with E-state index in [0.717, 1.165) is 21.1 Å². The average molecular weight is 721 g/mol. The number of cyclic esters (lactones) is 1. The lowest BCUT2D eigenvalue weighted by molar-refractivity contribution is -0.298. The minimum Gasteiger partial charge on any atom is -0.468 e. The Morgan fingerprint density at radius 2 is 1.67 bits per heavy atom. The third-order valence-corrected chi connectivity index (χ3v) is 13.6. The third kappa shape index (κ3) is 3.98. The van der Waals surface area contributed by atoms with Gasteiger partial charge in [0, 0.05) is 53.1 Å². The van der Waals surface area contributed by atoms with Gasteiger partial charge in [-0.15, -0.1) is 0 Å². The molecule has 0 bridgehead atoms. The quantitative estimate of drug-likeness (QED) is 0.181. The maximum absolute atomic E-state index is 14.2. The van der Waals surface area contributed by atoms with E-state index in [1.165, 1.54) is 26.8 Å². The van der Waals surface area contributed by atoms with Crippen LogP contribution in [0.2, 0.25) is 0 Å². The molecule has 280 valence electrons. The molecule has 4 heterocycles. The van der Waals surface area contributed by atoms with Gasteiger partial charge >= 0.3 is 29.8 Å². The Hall–Kier alpha value is -3.41. The predicted octanol–water partition coefficient (Wildman–Crippen LogP) is -0.359. The number of esters is 5. The van der Waals surface area contributed by atoms with Gasteiger partial charge in [0.2, 0.25) is 0 Å². The standard InChI is InChI=1S/C35H44O16/c1-8-15(2)25(38)50-20-12-21(49-16(3)36)33(28(40)44-6)13-47-22-23(33)32(20)14-48-34(42,29(41)45-7)27(32)30(4)24(22)51-31(5)18(11-19(37)35(30,31)43)17-9-10-46-26(17)39/h8-9,18-24,27,37,42-43H,10-14H2,1-7H3/b15-8+/t18-,19-,20-,21+,22+,23+,24+,27-,30+,31+,32-,33-,34-,35-/m0/s1. The van der Waals surface area contributed by atoms with Crippen LogP contribution in [0.5, 0.6) is 0 Å². The number of ether oxygens (including phenoxy) is 8. The highest BCUT2D eigenvalue weighted by Gasteiger charge is 2.93. The number of carbonyl (C=O) groups is 5. The maximum Gasteiger partial charge on any atom is 0.366 e. The summed E-state index contributed by atoms with van der Waals surface area (Å²) in [7, 11) is 2.18. The fraction of sp³-hybridized carbons (Fsp3) is 0.743. The maximum atomic E-state index is 14.2. The van der Waals surface area contributed by atoms with Crippen molar-refractivity contribution in [3.8, 4) is 0 Å². The molecule has 3 aliphatic carbocycles. The molecule has 4 aliphatic heterocycles. The molecule has 0 radical (unpaired) electrons. The first-order valence-electron chi connectivity index (χ1n) is 17.0. The molecule has 0 unspecified atom stereocenters. The van der Waals surface area contributed by atoms with Crippen LogP contribution >= 0.6 is 0 Å². The van der Waals surface area contributed by atoms with E-state index in [1.807, 2.05) is 0 Å². The van der Waals surface area contributed by atoms with Crippen LogP contribution in [0.15, 0.2) is 23.3 Å². The molecule has 3 saturated heterocycles. The molecule has 0 aromatic carbocycles. The summed E-state index contributed by atoms with van der Waals surface area (Å²) in [5, 5.41) is 37.9. The van der Waals surface area contributed by atoms with E-state index in [1.54, 1.807) is 13.0 Å². The lowest BCUT2D eigenvalue weighted by Gasteiger charge is -2.65. The van der Waals surface area contributed by atoms with Crippen molar-refractivity contribution < 1.29 is 77.2 Å². The average Bonchev–Trinajstić information content (AvgIpc) is 3.86. The molecule has 16 heteroatoms.